The van der Waals surface area contributed by atoms with Gasteiger partial charge in [0.05, 0.1) is 22.3 Å². The fourth-order valence-electron chi connectivity index (χ4n) is 4.13. The molecular weight excluding hydrogens is 438 g/mol. The lowest BCUT2D eigenvalue weighted by Crippen LogP contribution is -2.20. The van der Waals surface area contributed by atoms with Crippen LogP contribution in [0.4, 0.5) is 5.69 Å². The average Bonchev–Trinajstić information content (AvgIpc) is 3.37. The topological polar surface area (TPSA) is 125 Å². The number of anilines is 1. The SMILES string of the molecule is Cc1cc(-c2cc(C(=O)OCC(=O)c3ccc4c(c3)CCC(=O)N4)c3c(C)noc3n2)c(C)o1. The molecule has 0 spiro atoms. The van der Waals surface area contributed by atoms with Gasteiger partial charge in [-0.2, -0.15) is 0 Å². The van der Waals surface area contributed by atoms with Gasteiger partial charge in [-0.25, -0.2) is 9.78 Å². The number of nitrogens with one attached hydrogen (secondary N) is 1. The van der Waals surface area contributed by atoms with E-state index in [9.17, 15) is 14.4 Å². The Kier molecular flexibility index (Phi) is 5.24. The van der Waals surface area contributed by atoms with Gasteiger partial charge in [-0.05, 0) is 63.1 Å². The first-order chi connectivity index (χ1) is 16.3. The quantitative estimate of drug-likeness (QED) is 0.345. The second-order valence-corrected chi connectivity index (χ2v) is 8.25. The van der Waals surface area contributed by atoms with Crippen molar-refractivity contribution in [1.82, 2.24) is 10.1 Å². The summed E-state index contributed by atoms with van der Waals surface area (Å²) in [4.78, 5) is 41.8. The van der Waals surface area contributed by atoms with Crippen LogP contribution in [0.2, 0.25) is 0 Å². The lowest BCUT2D eigenvalue weighted by Gasteiger charge is -2.17. The highest BCUT2D eigenvalue weighted by atomic mass is 16.5. The number of esters is 1. The number of benzene rings is 1. The predicted octanol–water partition coefficient (Wildman–Crippen LogP) is 4.33. The van der Waals surface area contributed by atoms with E-state index < -0.39 is 12.6 Å². The van der Waals surface area contributed by atoms with E-state index >= 15 is 0 Å². The lowest BCUT2D eigenvalue weighted by atomic mass is 9.99. The third kappa shape index (κ3) is 3.85. The lowest BCUT2D eigenvalue weighted by molar-refractivity contribution is -0.116. The molecule has 0 fully saturated rings. The predicted molar refractivity (Wildman–Crippen MR) is 122 cm³/mol. The molecule has 0 unspecified atom stereocenters. The van der Waals surface area contributed by atoms with Gasteiger partial charge in [0.2, 0.25) is 5.91 Å². The van der Waals surface area contributed by atoms with E-state index in [1.807, 2.05) is 13.0 Å². The Bertz CT molecular complexity index is 1480. The molecule has 1 amide bonds. The zero-order valence-electron chi connectivity index (χ0n) is 18.9. The number of pyridine rings is 1. The Hall–Kier alpha value is -4.27. The van der Waals surface area contributed by atoms with Crippen LogP contribution in [0.5, 0.6) is 0 Å². The average molecular weight is 459 g/mol. The molecule has 1 aromatic carbocycles. The maximum Gasteiger partial charge on any atom is 0.339 e. The zero-order valence-corrected chi connectivity index (χ0v) is 18.9. The van der Waals surface area contributed by atoms with Crippen LogP contribution in [0.3, 0.4) is 0 Å². The normalized spacial score (nSPS) is 13.0. The number of hydrogen-bond acceptors (Lipinski definition) is 8. The summed E-state index contributed by atoms with van der Waals surface area (Å²) in [6, 6.07) is 8.44. The fraction of sp³-hybridized carbons (Fsp3) is 0.240. The number of furan rings is 1. The smallest absolute Gasteiger partial charge is 0.339 e. The van der Waals surface area contributed by atoms with E-state index in [-0.39, 0.29) is 23.0 Å². The number of ether oxygens (including phenoxy) is 1. The molecule has 1 aliphatic heterocycles. The third-order valence-electron chi connectivity index (χ3n) is 5.81. The summed E-state index contributed by atoms with van der Waals surface area (Å²) in [6.45, 7) is 4.90. The molecule has 0 bridgehead atoms. The molecule has 3 aromatic heterocycles. The summed E-state index contributed by atoms with van der Waals surface area (Å²) >= 11 is 0. The van der Waals surface area contributed by atoms with Crippen molar-refractivity contribution < 1.29 is 28.1 Å². The van der Waals surface area contributed by atoms with Crippen LogP contribution in [-0.2, 0) is 16.0 Å². The Morgan fingerprint density at radius 3 is 2.71 bits per heavy atom. The van der Waals surface area contributed by atoms with Crippen molar-refractivity contribution >= 4 is 34.4 Å². The molecule has 172 valence electrons. The molecule has 1 N–H and O–H groups in total. The number of hydrogen-bond donors (Lipinski definition) is 1. The van der Waals surface area contributed by atoms with Crippen molar-refractivity contribution in [3.8, 4) is 11.3 Å². The number of rotatable bonds is 5. The van der Waals surface area contributed by atoms with E-state index in [1.165, 1.54) is 0 Å². The highest BCUT2D eigenvalue weighted by Gasteiger charge is 2.23. The van der Waals surface area contributed by atoms with Crippen LogP contribution < -0.4 is 5.32 Å². The Morgan fingerprint density at radius 2 is 1.94 bits per heavy atom. The number of amides is 1. The largest absolute Gasteiger partial charge is 0.466 e. The van der Waals surface area contributed by atoms with E-state index in [1.54, 1.807) is 38.1 Å². The second-order valence-electron chi connectivity index (χ2n) is 8.25. The molecule has 1 aliphatic rings. The molecule has 34 heavy (non-hydrogen) atoms. The molecule has 9 nitrogen and oxygen atoms in total. The second kappa shape index (κ2) is 8.26. The van der Waals surface area contributed by atoms with Crippen molar-refractivity contribution in [3.05, 3.63) is 64.2 Å². The van der Waals surface area contributed by atoms with Crippen LogP contribution in [0.15, 0.2) is 39.3 Å². The van der Waals surface area contributed by atoms with Gasteiger partial charge in [0.15, 0.2) is 12.4 Å². The van der Waals surface area contributed by atoms with Crippen molar-refractivity contribution in [3.63, 3.8) is 0 Å². The van der Waals surface area contributed by atoms with Crippen LogP contribution in [0.25, 0.3) is 22.4 Å². The number of carbonyl (C=O) groups is 3. The first kappa shape index (κ1) is 21.6. The summed E-state index contributed by atoms with van der Waals surface area (Å²) < 4.78 is 16.3. The van der Waals surface area contributed by atoms with Crippen LogP contribution >= 0.6 is 0 Å². The number of carbonyl (C=O) groups excluding carboxylic acids is 3. The van der Waals surface area contributed by atoms with E-state index in [2.05, 4.69) is 15.5 Å². The Morgan fingerprint density at radius 1 is 1.12 bits per heavy atom. The van der Waals surface area contributed by atoms with Crippen molar-refractivity contribution in [2.24, 2.45) is 0 Å². The molecule has 9 heteroatoms. The summed E-state index contributed by atoms with van der Waals surface area (Å²) in [5.74, 6) is 0.285. The Balaban J connectivity index is 1.40. The molecule has 4 heterocycles. The van der Waals surface area contributed by atoms with Gasteiger partial charge in [-0.15, -0.1) is 0 Å². The number of aryl methyl sites for hydroxylation is 4. The minimum Gasteiger partial charge on any atom is -0.466 e. The van der Waals surface area contributed by atoms with Gasteiger partial charge in [0.1, 0.15) is 11.5 Å². The van der Waals surface area contributed by atoms with Crippen LogP contribution in [0, 0.1) is 20.8 Å². The van der Waals surface area contributed by atoms with Crippen molar-refractivity contribution in [2.45, 2.75) is 33.6 Å². The highest BCUT2D eigenvalue weighted by Crippen LogP contribution is 2.31. The van der Waals surface area contributed by atoms with Gasteiger partial charge >= 0.3 is 5.97 Å². The van der Waals surface area contributed by atoms with Crippen molar-refractivity contribution in [2.75, 3.05) is 11.9 Å². The molecule has 0 saturated heterocycles. The fourth-order valence-corrected chi connectivity index (χ4v) is 4.13. The van der Waals surface area contributed by atoms with E-state index in [4.69, 9.17) is 13.7 Å². The minimum atomic E-state index is -0.684. The molecule has 5 rings (SSSR count). The summed E-state index contributed by atoms with van der Waals surface area (Å²) in [5.41, 5.74) is 4.08. The van der Waals surface area contributed by atoms with Crippen molar-refractivity contribution in [1.29, 1.82) is 0 Å². The summed E-state index contributed by atoms with van der Waals surface area (Å²) in [5, 5.41) is 7.14. The van der Waals surface area contributed by atoms with E-state index in [0.717, 1.165) is 11.1 Å². The molecule has 0 atom stereocenters. The Labute approximate surface area is 194 Å². The van der Waals surface area contributed by atoms with Gasteiger partial charge < -0.3 is 19.0 Å². The standard InChI is InChI=1S/C25H21N3O6/c1-12-8-17(14(3)33-12)20-10-18(23-13(2)28-34-24(23)27-20)25(31)32-11-21(29)16-4-6-19-15(9-16)5-7-22(30)26-19/h4,6,8-10H,5,7,11H2,1-3H3,(H,26,30). The molecular formula is C25H21N3O6. The third-order valence-corrected chi connectivity index (χ3v) is 5.81. The number of ketones is 1. The first-order valence-electron chi connectivity index (χ1n) is 10.8. The molecule has 0 saturated carbocycles. The monoisotopic (exact) mass is 459 g/mol. The first-order valence-corrected chi connectivity index (χ1v) is 10.8. The maximum absolute atomic E-state index is 13.0. The number of Topliss-reactive ketones (excluding diaryl/α,β-unsaturated/α-hetero) is 1. The van der Waals surface area contributed by atoms with Gasteiger partial charge in [0.25, 0.3) is 5.71 Å². The summed E-state index contributed by atoms with van der Waals surface area (Å²) in [7, 11) is 0. The minimum absolute atomic E-state index is 0.0478. The van der Waals surface area contributed by atoms with Gasteiger partial charge in [0, 0.05) is 23.2 Å². The van der Waals surface area contributed by atoms with E-state index in [0.29, 0.717) is 52.4 Å². The van der Waals surface area contributed by atoms with Gasteiger partial charge in [-0.3, -0.25) is 9.59 Å². The summed E-state index contributed by atoms with van der Waals surface area (Å²) in [6.07, 6.45) is 0.924. The highest BCUT2D eigenvalue weighted by molar-refractivity contribution is 6.06. The van der Waals surface area contributed by atoms with Crippen LogP contribution in [-0.4, -0.2) is 34.4 Å². The zero-order chi connectivity index (χ0) is 24.0. The van der Waals surface area contributed by atoms with Crippen LogP contribution in [0.1, 0.15) is 49.9 Å². The number of nitrogens with zero attached hydrogens (tertiary/aromatic N) is 2. The molecule has 0 aliphatic carbocycles. The molecule has 4 aromatic rings. The maximum atomic E-state index is 13.0. The number of aromatic nitrogens is 2. The molecule has 0 radical (unpaired) electrons. The number of fused-ring (bicyclic) bond motifs is 2. The van der Waals surface area contributed by atoms with Gasteiger partial charge in [-0.1, -0.05) is 5.16 Å².